The molecule has 7 nitrogen and oxygen atoms in total. The summed E-state index contributed by atoms with van der Waals surface area (Å²) in [6.07, 6.45) is 9.00. The maximum atomic E-state index is 5.93. The Morgan fingerprint density at radius 1 is 1.26 bits per heavy atom. The third-order valence-electron chi connectivity index (χ3n) is 4.65. The molecular weight excluding hydrogens is 342 g/mol. The molecule has 2 heterocycles. The van der Waals surface area contributed by atoms with Crippen LogP contribution >= 0.6 is 0 Å². The van der Waals surface area contributed by atoms with Crippen molar-refractivity contribution in [2.24, 2.45) is 5.41 Å². The zero-order valence-corrected chi connectivity index (χ0v) is 15.6. The molecule has 3 aromatic rings. The van der Waals surface area contributed by atoms with Crippen LogP contribution in [-0.4, -0.2) is 26.1 Å². The number of nitrogens with two attached hydrogens (primary N) is 1. The normalized spacial score (nSPS) is 13.2. The van der Waals surface area contributed by atoms with Crippen LogP contribution in [0.25, 0.3) is 11.2 Å². The number of anilines is 1. The average molecular weight is 365 g/mol. The van der Waals surface area contributed by atoms with E-state index in [0.29, 0.717) is 41.5 Å². The van der Waals surface area contributed by atoms with Crippen molar-refractivity contribution >= 4 is 17.0 Å². The van der Waals surface area contributed by atoms with Crippen LogP contribution in [0.4, 0.5) is 5.82 Å². The number of aromatic nitrogens is 4. The SMILES string of the molecule is C#CC(CC)(CCn1cnc2c(N)nc(C)nc21)COOc1ccccc1. The lowest BCUT2D eigenvalue weighted by atomic mass is 9.83. The van der Waals surface area contributed by atoms with E-state index in [4.69, 9.17) is 21.9 Å². The molecule has 0 radical (unpaired) electrons. The summed E-state index contributed by atoms with van der Waals surface area (Å²) >= 11 is 0. The summed E-state index contributed by atoms with van der Waals surface area (Å²) in [4.78, 5) is 23.7. The number of nitrogens with zero attached hydrogens (tertiary/aromatic N) is 4. The second kappa shape index (κ2) is 8.06. The molecule has 140 valence electrons. The van der Waals surface area contributed by atoms with Crippen molar-refractivity contribution in [1.82, 2.24) is 19.5 Å². The third-order valence-corrected chi connectivity index (χ3v) is 4.65. The van der Waals surface area contributed by atoms with Crippen molar-refractivity contribution < 1.29 is 9.78 Å². The van der Waals surface area contributed by atoms with E-state index in [1.165, 1.54) is 0 Å². The van der Waals surface area contributed by atoms with Gasteiger partial charge in [-0.1, -0.05) is 31.0 Å². The molecule has 2 N–H and O–H groups in total. The van der Waals surface area contributed by atoms with Gasteiger partial charge in [-0.2, -0.15) is 4.89 Å². The highest BCUT2D eigenvalue weighted by Crippen LogP contribution is 2.28. The van der Waals surface area contributed by atoms with Gasteiger partial charge in [0.05, 0.1) is 11.7 Å². The van der Waals surface area contributed by atoms with Gasteiger partial charge in [0.2, 0.25) is 0 Å². The molecule has 1 aromatic carbocycles. The highest BCUT2D eigenvalue weighted by atomic mass is 17.2. The first-order chi connectivity index (χ1) is 13.1. The summed E-state index contributed by atoms with van der Waals surface area (Å²) < 4.78 is 1.94. The molecule has 0 aliphatic heterocycles. The standard InChI is InChI=1S/C20H23N5O2/c1-4-20(5-2,13-26-27-16-9-7-6-8-10-16)11-12-25-14-22-17-18(21)23-15(3)24-19(17)25/h1,6-10,14H,5,11-13H2,2-3H3,(H2,21,23,24). The van der Waals surface area contributed by atoms with Crippen molar-refractivity contribution in [3.63, 3.8) is 0 Å². The van der Waals surface area contributed by atoms with Crippen LogP contribution in [-0.2, 0) is 11.4 Å². The number of hydrogen-bond donors (Lipinski definition) is 1. The molecule has 7 heteroatoms. The monoisotopic (exact) mass is 365 g/mol. The Labute approximate surface area is 158 Å². The number of hydrogen-bond acceptors (Lipinski definition) is 6. The van der Waals surface area contributed by atoms with Crippen molar-refractivity contribution in [3.8, 4) is 18.1 Å². The van der Waals surface area contributed by atoms with Crippen molar-refractivity contribution in [1.29, 1.82) is 0 Å². The molecule has 1 atom stereocenters. The predicted octanol–water partition coefficient (Wildman–Crippen LogP) is 3.15. The lowest BCUT2D eigenvalue weighted by Gasteiger charge is -2.26. The molecule has 27 heavy (non-hydrogen) atoms. The van der Waals surface area contributed by atoms with E-state index >= 15 is 0 Å². The van der Waals surface area contributed by atoms with Crippen LogP contribution in [0.1, 0.15) is 25.6 Å². The molecular formula is C20H23N5O2. The van der Waals surface area contributed by atoms with Gasteiger partial charge < -0.3 is 15.2 Å². The molecule has 0 spiro atoms. The Balaban J connectivity index is 1.68. The zero-order chi connectivity index (χ0) is 19.3. The van der Waals surface area contributed by atoms with Gasteiger partial charge in [0.1, 0.15) is 17.9 Å². The summed E-state index contributed by atoms with van der Waals surface area (Å²) in [6.45, 7) is 4.78. The second-order valence-corrected chi connectivity index (χ2v) is 6.45. The summed E-state index contributed by atoms with van der Waals surface area (Å²) in [5, 5.41) is 0. The molecule has 0 aliphatic rings. The maximum absolute atomic E-state index is 5.93. The van der Waals surface area contributed by atoms with Crippen molar-refractivity contribution in [2.45, 2.75) is 33.2 Å². The molecule has 0 amide bonds. The Bertz CT molecular complexity index is 948. The van der Waals surface area contributed by atoms with Crippen LogP contribution in [0.15, 0.2) is 36.7 Å². The lowest BCUT2D eigenvalue weighted by molar-refractivity contribution is -0.224. The number of para-hydroxylation sites is 1. The highest BCUT2D eigenvalue weighted by Gasteiger charge is 2.27. The minimum atomic E-state index is -0.459. The fraction of sp³-hybridized carbons (Fsp3) is 0.350. The van der Waals surface area contributed by atoms with E-state index < -0.39 is 5.41 Å². The van der Waals surface area contributed by atoms with Crippen molar-refractivity contribution in [3.05, 3.63) is 42.5 Å². The number of fused-ring (bicyclic) bond motifs is 1. The van der Waals surface area contributed by atoms with E-state index in [1.807, 2.05) is 41.8 Å². The Kier molecular flexibility index (Phi) is 5.57. The summed E-state index contributed by atoms with van der Waals surface area (Å²) in [5.74, 6) is 4.53. The van der Waals surface area contributed by atoms with Gasteiger partial charge in [0, 0.05) is 6.54 Å². The molecule has 0 aliphatic carbocycles. The molecule has 0 saturated heterocycles. The molecule has 0 bridgehead atoms. The van der Waals surface area contributed by atoms with Gasteiger partial charge in [-0.3, -0.25) is 0 Å². The minimum absolute atomic E-state index is 0.289. The number of imidazole rings is 1. The van der Waals surface area contributed by atoms with E-state index in [-0.39, 0.29) is 6.61 Å². The topological polar surface area (TPSA) is 88.1 Å². The average Bonchev–Trinajstić information content (AvgIpc) is 3.09. The smallest absolute Gasteiger partial charge is 0.165 e. The van der Waals surface area contributed by atoms with Gasteiger partial charge in [-0.25, -0.2) is 15.0 Å². The number of rotatable bonds is 8. The minimum Gasteiger partial charge on any atom is -0.382 e. The first-order valence-corrected chi connectivity index (χ1v) is 8.84. The van der Waals surface area contributed by atoms with Crippen LogP contribution in [0.5, 0.6) is 5.75 Å². The fourth-order valence-corrected chi connectivity index (χ4v) is 2.83. The number of nitrogen functional groups attached to an aromatic ring is 1. The first kappa shape index (κ1) is 18.7. The Morgan fingerprint density at radius 2 is 2.04 bits per heavy atom. The van der Waals surface area contributed by atoms with E-state index in [1.54, 1.807) is 13.3 Å². The van der Waals surface area contributed by atoms with Gasteiger partial charge >= 0.3 is 0 Å². The summed E-state index contributed by atoms with van der Waals surface area (Å²) in [6, 6.07) is 9.33. The van der Waals surface area contributed by atoms with Crippen molar-refractivity contribution in [2.75, 3.05) is 12.3 Å². The first-order valence-electron chi connectivity index (χ1n) is 8.84. The Hall–Kier alpha value is -3.11. The Morgan fingerprint density at radius 3 is 2.74 bits per heavy atom. The zero-order valence-electron chi connectivity index (χ0n) is 15.6. The van der Waals surface area contributed by atoms with Gasteiger partial charge in [0.25, 0.3) is 0 Å². The third kappa shape index (κ3) is 4.18. The number of aryl methyl sites for hydroxylation is 2. The highest BCUT2D eigenvalue weighted by molar-refractivity contribution is 5.81. The predicted molar refractivity (Wildman–Crippen MR) is 104 cm³/mol. The number of terminal acetylenes is 1. The van der Waals surface area contributed by atoms with E-state index in [0.717, 1.165) is 6.42 Å². The van der Waals surface area contributed by atoms with E-state index in [9.17, 15) is 0 Å². The fourth-order valence-electron chi connectivity index (χ4n) is 2.83. The quantitative estimate of drug-likeness (QED) is 0.375. The van der Waals surface area contributed by atoms with Crippen LogP contribution < -0.4 is 10.6 Å². The van der Waals surface area contributed by atoms with Gasteiger partial charge in [-0.05, 0) is 31.9 Å². The maximum Gasteiger partial charge on any atom is 0.165 e. The summed E-state index contributed by atoms with van der Waals surface area (Å²) in [5.41, 5.74) is 6.79. The largest absolute Gasteiger partial charge is 0.382 e. The van der Waals surface area contributed by atoms with E-state index in [2.05, 4.69) is 20.9 Å². The lowest BCUT2D eigenvalue weighted by Crippen LogP contribution is -2.27. The molecule has 1 unspecified atom stereocenters. The molecule has 0 saturated carbocycles. The number of benzene rings is 1. The molecule has 3 rings (SSSR count). The molecule has 0 fully saturated rings. The van der Waals surface area contributed by atoms with Gasteiger partial charge in [0.15, 0.2) is 17.2 Å². The van der Waals surface area contributed by atoms with Gasteiger partial charge in [-0.15, -0.1) is 6.42 Å². The second-order valence-electron chi connectivity index (χ2n) is 6.45. The molecule has 2 aromatic heterocycles. The summed E-state index contributed by atoms with van der Waals surface area (Å²) in [7, 11) is 0. The van der Waals surface area contributed by atoms with Crippen LogP contribution in [0.2, 0.25) is 0 Å². The van der Waals surface area contributed by atoms with Crippen LogP contribution in [0, 0.1) is 24.7 Å². The van der Waals surface area contributed by atoms with Crippen LogP contribution in [0.3, 0.4) is 0 Å².